The van der Waals surface area contributed by atoms with Gasteiger partial charge < -0.3 is 10.0 Å². The summed E-state index contributed by atoms with van der Waals surface area (Å²) in [5.74, 6) is 0.559. The lowest BCUT2D eigenvalue weighted by Gasteiger charge is -2.31. The molecule has 0 radical (unpaired) electrons. The number of hydrogen-bond acceptors (Lipinski definition) is 2. The standard InChI is InChI=1S/C15H20ClNO2/c16-14-4-2-1-3-13(14)5-6-15(19)17-9-7-12(11-18)8-10-17/h1-4,12,18H,5-11H2. The summed E-state index contributed by atoms with van der Waals surface area (Å²) in [6, 6.07) is 7.66. The third kappa shape index (κ3) is 3.95. The number of hydrogen-bond donors (Lipinski definition) is 1. The summed E-state index contributed by atoms with van der Waals surface area (Å²) in [4.78, 5) is 14.0. The van der Waals surface area contributed by atoms with Gasteiger partial charge in [0.1, 0.15) is 0 Å². The van der Waals surface area contributed by atoms with Gasteiger partial charge in [0.2, 0.25) is 5.91 Å². The Morgan fingerprint density at radius 1 is 1.32 bits per heavy atom. The average Bonchev–Trinajstić information content (AvgIpc) is 2.46. The number of likely N-dealkylation sites (tertiary alicyclic amines) is 1. The Balaban J connectivity index is 1.81. The minimum Gasteiger partial charge on any atom is -0.396 e. The molecule has 0 spiro atoms. The molecule has 2 rings (SSSR count). The van der Waals surface area contributed by atoms with E-state index in [1.165, 1.54) is 0 Å². The molecule has 1 aliphatic rings. The van der Waals surface area contributed by atoms with Crippen LogP contribution in [0.4, 0.5) is 0 Å². The Morgan fingerprint density at radius 2 is 2.00 bits per heavy atom. The number of piperidine rings is 1. The van der Waals surface area contributed by atoms with E-state index in [9.17, 15) is 4.79 Å². The van der Waals surface area contributed by atoms with Crippen molar-refractivity contribution in [3.8, 4) is 0 Å². The van der Waals surface area contributed by atoms with Crippen molar-refractivity contribution in [2.75, 3.05) is 19.7 Å². The average molecular weight is 282 g/mol. The molecule has 1 aromatic carbocycles. The van der Waals surface area contributed by atoms with E-state index in [-0.39, 0.29) is 12.5 Å². The van der Waals surface area contributed by atoms with E-state index in [0.717, 1.165) is 36.5 Å². The Morgan fingerprint density at radius 3 is 2.63 bits per heavy atom. The maximum atomic E-state index is 12.1. The van der Waals surface area contributed by atoms with Gasteiger partial charge in [-0.1, -0.05) is 29.8 Å². The molecule has 3 nitrogen and oxygen atoms in total. The van der Waals surface area contributed by atoms with Gasteiger partial charge in [-0.15, -0.1) is 0 Å². The highest BCUT2D eigenvalue weighted by Crippen LogP contribution is 2.19. The molecule has 1 N–H and O–H groups in total. The SMILES string of the molecule is O=C(CCc1ccccc1Cl)N1CCC(CO)CC1. The van der Waals surface area contributed by atoms with Gasteiger partial charge in [-0.3, -0.25) is 4.79 Å². The van der Waals surface area contributed by atoms with Crippen molar-refractivity contribution in [2.45, 2.75) is 25.7 Å². The number of carbonyl (C=O) groups is 1. The van der Waals surface area contributed by atoms with Crippen LogP contribution in [0.15, 0.2) is 24.3 Å². The summed E-state index contributed by atoms with van der Waals surface area (Å²) in [5.41, 5.74) is 1.03. The topological polar surface area (TPSA) is 40.5 Å². The summed E-state index contributed by atoms with van der Waals surface area (Å²) in [5, 5.41) is 9.81. The molecule has 0 aliphatic carbocycles. The van der Waals surface area contributed by atoms with Gasteiger partial charge in [0.25, 0.3) is 0 Å². The van der Waals surface area contributed by atoms with Crippen LogP contribution in [-0.4, -0.2) is 35.6 Å². The Labute approximate surface area is 119 Å². The quantitative estimate of drug-likeness (QED) is 0.921. The van der Waals surface area contributed by atoms with E-state index in [4.69, 9.17) is 16.7 Å². The molecule has 1 amide bonds. The highest BCUT2D eigenvalue weighted by molar-refractivity contribution is 6.31. The van der Waals surface area contributed by atoms with Crippen LogP contribution in [0, 0.1) is 5.92 Å². The van der Waals surface area contributed by atoms with Crippen LogP contribution >= 0.6 is 11.6 Å². The van der Waals surface area contributed by atoms with E-state index in [2.05, 4.69) is 0 Å². The van der Waals surface area contributed by atoms with Crippen molar-refractivity contribution in [1.82, 2.24) is 4.90 Å². The van der Waals surface area contributed by atoms with Crippen LogP contribution in [0.2, 0.25) is 5.02 Å². The van der Waals surface area contributed by atoms with Gasteiger partial charge in [-0.2, -0.15) is 0 Å². The van der Waals surface area contributed by atoms with E-state index in [1.54, 1.807) is 0 Å². The third-order valence-electron chi connectivity index (χ3n) is 3.79. The number of carbonyl (C=O) groups excluding carboxylic acids is 1. The number of benzene rings is 1. The molecule has 0 unspecified atom stereocenters. The number of aliphatic hydroxyl groups is 1. The Bertz CT molecular complexity index is 428. The summed E-state index contributed by atoms with van der Waals surface area (Å²) >= 11 is 6.08. The molecular formula is C15H20ClNO2. The van der Waals surface area contributed by atoms with Crippen LogP contribution in [0.25, 0.3) is 0 Å². The maximum Gasteiger partial charge on any atom is 0.222 e. The second kappa shape index (κ2) is 6.92. The van der Waals surface area contributed by atoms with Gasteiger partial charge in [-0.25, -0.2) is 0 Å². The first kappa shape index (κ1) is 14.4. The van der Waals surface area contributed by atoms with Crippen molar-refractivity contribution < 1.29 is 9.90 Å². The van der Waals surface area contributed by atoms with Crippen molar-refractivity contribution in [3.05, 3.63) is 34.9 Å². The zero-order valence-electron chi connectivity index (χ0n) is 11.0. The number of rotatable bonds is 4. The molecule has 19 heavy (non-hydrogen) atoms. The van der Waals surface area contributed by atoms with Crippen LogP contribution in [0.5, 0.6) is 0 Å². The molecule has 104 valence electrons. The van der Waals surface area contributed by atoms with E-state index in [1.807, 2.05) is 29.2 Å². The lowest BCUT2D eigenvalue weighted by atomic mass is 9.97. The number of halogens is 1. The molecule has 0 aromatic heterocycles. The molecule has 0 saturated carbocycles. The van der Waals surface area contributed by atoms with Crippen molar-refractivity contribution >= 4 is 17.5 Å². The highest BCUT2D eigenvalue weighted by Gasteiger charge is 2.21. The van der Waals surface area contributed by atoms with Crippen LogP contribution < -0.4 is 0 Å². The van der Waals surface area contributed by atoms with E-state index in [0.29, 0.717) is 18.8 Å². The predicted octanol–water partition coefficient (Wildman–Crippen LogP) is 2.50. The molecule has 0 atom stereocenters. The van der Waals surface area contributed by atoms with Crippen molar-refractivity contribution in [2.24, 2.45) is 5.92 Å². The summed E-state index contributed by atoms with van der Waals surface area (Å²) < 4.78 is 0. The maximum absolute atomic E-state index is 12.1. The van der Waals surface area contributed by atoms with Gasteiger partial charge in [-0.05, 0) is 36.8 Å². The second-order valence-corrected chi connectivity index (χ2v) is 5.51. The lowest BCUT2D eigenvalue weighted by molar-refractivity contribution is -0.132. The fourth-order valence-electron chi connectivity index (χ4n) is 2.47. The van der Waals surface area contributed by atoms with E-state index >= 15 is 0 Å². The number of nitrogens with zero attached hydrogens (tertiary/aromatic N) is 1. The van der Waals surface area contributed by atoms with Gasteiger partial charge in [0.05, 0.1) is 0 Å². The monoisotopic (exact) mass is 281 g/mol. The molecule has 1 heterocycles. The molecule has 1 aliphatic heterocycles. The normalized spacial score (nSPS) is 16.6. The molecule has 1 aromatic rings. The third-order valence-corrected chi connectivity index (χ3v) is 4.16. The fraction of sp³-hybridized carbons (Fsp3) is 0.533. The first-order valence-corrected chi connectivity index (χ1v) is 7.20. The smallest absolute Gasteiger partial charge is 0.222 e. The highest BCUT2D eigenvalue weighted by atomic mass is 35.5. The first-order valence-electron chi connectivity index (χ1n) is 6.82. The summed E-state index contributed by atoms with van der Waals surface area (Å²) in [6.45, 7) is 1.78. The zero-order valence-corrected chi connectivity index (χ0v) is 11.8. The summed E-state index contributed by atoms with van der Waals surface area (Å²) in [7, 11) is 0. The van der Waals surface area contributed by atoms with Crippen molar-refractivity contribution in [3.63, 3.8) is 0 Å². The summed E-state index contributed by atoms with van der Waals surface area (Å²) in [6.07, 6.45) is 3.02. The lowest BCUT2D eigenvalue weighted by Crippen LogP contribution is -2.39. The Hall–Kier alpha value is -1.06. The fourth-order valence-corrected chi connectivity index (χ4v) is 2.70. The van der Waals surface area contributed by atoms with Gasteiger partial charge >= 0.3 is 0 Å². The molecule has 1 saturated heterocycles. The van der Waals surface area contributed by atoms with Crippen molar-refractivity contribution in [1.29, 1.82) is 0 Å². The van der Waals surface area contributed by atoms with Crippen LogP contribution in [0.1, 0.15) is 24.8 Å². The van der Waals surface area contributed by atoms with Crippen LogP contribution in [-0.2, 0) is 11.2 Å². The first-order chi connectivity index (χ1) is 9.20. The Kier molecular flexibility index (Phi) is 5.23. The van der Waals surface area contributed by atoms with Gasteiger partial charge in [0, 0.05) is 31.1 Å². The van der Waals surface area contributed by atoms with E-state index < -0.39 is 0 Å². The molecule has 1 fully saturated rings. The predicted molar refractivity (Wildman–Crippen MR) is 76.2 cm³/mol. The van der Waals surface area contributed by atoms with Crippen LogP contribution in [0.3, 0.4) is 0 Å². The second-order valence-electron chi connectivity index (χ2n) is 5.10. The largest absolute Gasteiger partial charge is 0.396 e. The number of aryl methyl sites for hydroxylation is 1. The molecule has 4 heteroatoms. The number of amides is 1. The minimum absolute atomic E-state index is 0.191. The molecular weight excluding hydrogens is 262 g/mol. The minimum atomic E-state index is 0.191. The molecule has 0 bridgehead atoms. The zero-order chi connectivity index (χ0) is 13.7. The number of aliphatic hydroxyl groups excluding tert-OH is 1. The van der Waals surface area contributed by atoms with Gasteiger partial charge in [0.15, 0.2) is 0 Å².